The zero-order chi connectivity index (χ0) is 13.1. The summed E-state index contributed by atoms with van der Waals surface area (Å²) < 4.78 is 0. The Morgan fingerprint density at radius 1 is 1.39 bits per heavy atom. The van der Waals surface area contributed by atoms with Gasteiger partial charge in [0.15, 0.2) is 0 Å². The molecule has 0 aromatic rings. The standard InChI is InChI=1S/C14H26N2O2/c1-11(2)9-16(10-14(17)18)13-5-7-15-6-3-4-12(15)8-13/h11-13H,3-10H2,1-2H3,(H,17,18). The van der Waals surface area contributed by atoms with Crippen LogP contribution >= 0.6 is 0 Å². The summed E-state index contributed by atoms with van der Waals surface area (Å²) in [5.41, 5.74) is 0. The van der Waals surface area contributed by atoms with E-state index in [1.54, 1.807) is 0 Å². The van der Waals surface area contributed by atoms with Gasteiger partial charge in [0.25, 0.3) is 0 Å². The van der Waals surface area contributed by atoms with Crippen LogP contribution in [0.15, 0.2) is 0 Å². The third-order valence-corrected chi connectivity index (χ3v) is 4.25. The molecule has 0 saturated carbocycles. The predicted molar refractivity (Wildman–Crippen MR) is 71.7 cm³/mol. The average molecular weight is 254 g/mol. The Kier molecular flexibility index (Phi) is 4.62. The van der Waals surface area contributed by atoms with Crippen molar-refractivity contribution in [3.05, 3.63) is 0 Å². The molecule has 2 rings (SSSR count). The highest BCUT2D eigenvalue weighted by atomic mass is 16.4. The first-order chi connectivity index (χ1) is 8.56. The van der Waals surface area contributed by atoms with E-state index in [1.807, 2.05) is 0 Å². The molecular weight excluding hydrogens is 228 g/mol. The first-order valence-electron chi connectivity index (χ1n) is 7.26. The van der Waals surface area contributed by atoms with Crippen molar-refractivity contribution in [3.63, 3.8) is 0 Å². The van der Waals surface area contributed by atoms with E-state index in [-0.39, 0.29) is 6.54 Å². The Bertz CT molecular complexity index is 294. The molecule has 0 aromatic heterocycles. The molecule has 4 heteroatoms. The highest BCUT2D eigenvalue weighted by Crippen LogP contribution is 2.29. The smallest absolute Gasteiger partial charge is 0.317 e. The molecule has 2 aliphatic rings. The zero-order valence-electron chi connectivity index (χ0n) is 11.6. The lowest BCUT2D eigenvalue weighted by Crippen LogP contribution is -2.49. The van der Waals surface area contributed by atoms with Crippen LogP contribution in [0.1, 0.15) is 39.5 Å². The molecule has 18 heavy (non-hydrogen) atoms. The number of carboxylic acid groups (broad SMARTS) is 1. The van der Waals surface area contributed by atoms with Gasteiger partial charge < -0.3 is 10.0 Å². The van der Waals surface area contributed by atoms with Gasteiger partial charge >= 0.3 is 5.97 Å². The van der Waals surface area contributed by atoms with Crippen LogP contribution in [0.5, 0.6) is 0 Å². The van der Waals surface area contributed by atoms with Crippen molar-refractivity contribution in [1.82, 2.24) is 9.80 Å². The van der Waals surface area contributed by atoms with Crippen molar-refractivity contribution < 1.29 is 9.90 Å². The Labute approximate surface area is 110 Å². The molecule has 2 fully saturated rings. The van der Waals surface area contributed by atoms with Crippen molar-refractivity contribution in [2.24, 2.45) is 5.92 Å². The summed E-state index contributed by atoms with van der Waals surface area (Å²) in [5, 5.41) is 9.06. The maximum atomic E-state index is 11.0. The Morgan fingerprint density at radius 2 is 2.17 bits per heavy atom. The minimum absolute atomic E-state index is 0.204. The maximum Gasteiger partial charge on any atom is 0.317 e. The molecule has 2 unspecified atom stereocenters. The van der Waals surface area contributed by atoms with E-state index in [2.05, 4.69) is 23.6 Å². The number of fused-ring (bicyclic) bond motifs is 1. The van der Waals surface area contributed by atoms with E-state index in [4.69, 9.17) is 5.11 Å². The summed E-state index contributed by atoms with van der Waals surface area (Å²) in [6.45, 7) is 7.85. The summed E-state index contributed by atoms with van der Waals surface area (Å²) in [6.07, 6.45) is 4.93. The van der Waals surface area contributed by atoms with Gasteiger partial charge in [0.2, 0.25) is 0 Å². The summed E-state index contributed by atoms with van der Waals surface area (Å²) in [6, 6.07) is 1.19. The average Bonchev–Trinajstić information content (AvgIpc) is 2.73. The van der Waals surface area contributed by atoms with Gasteiger partial charge in [-0.3, -0.25) is 9.69 Å². The molecule has 2 saturated heterocycles. The van der Waals surface area contributed by atoms with Crippen LogP contribution in [0.2, 0.25) is 0 Å². The molecule has 0 aliphatic carbocycles. The lowest BCUT2D eigenvalue weighted by molar-refractivity contribution is -0.139. The Morgan fingerprint density at radius 3 is 2.83 bits per heavy atom. The first kappa shape index (κ1) is 13.8. The number of hydrogen-bond acceptors (Lipinski definition) is 3. The molecule has 2 atom stereocenters. The molecule has 0 bridgehead atoms. The first-order valence-corrected chi connectivity index (χ1v) is 7.26. The normalized spacial score (nSPS) is 28.9. The molecule has 0 radical (unpaired) electrons. The summed E-state index contributed by atoms with van der Waals surface area (Å²) in [4.78, 5) is 15.8. The maximum absolute atomic E-state index is 11.0. The predicted octanol–water partition coefficient (Wildman–Crippen LogP) is 1.66. The third-order valence-electron chi connectivity index (χ3n) is 4.25. The van der Waals surface area contributed by atoms with Gasteiger partial charge in [-0.05, 0) is 44.7 Å². The zero-order valence-corrected chi connectivity index (χ0v) is 11.6. The van der Waals surface area contributed by atoms with Crippen LogP contribution in [-0.4, -0.2) is 59.1 Å². The second-order valence-electron chi connectivity index (χ2n) is 6.23. The van der Waals surface area contributed by atoms with Gasteiger partial charge in [-0.25, -0.2) is 0 Å². The third kappa shape index (κ3) is 3.45. The fourth-order valence-corrected chi connectivity index (χ4v) is 3.52. The van der Waals surface area contributed by atoms with Crippen LogP contribution in [-0.2, 0) is 4.79 Å². The SMILES string of the molecule is CC(C)CN(CC(=O)O)C1CCN2CCCC2C1. The molecule has 0 aromatic carbocycles. The number of nitrogens with zero attached hydrogens (tertiary/aromatic N) is 2. The topological polar surface area (TPSA) is 43.8 Å². The Hall–Kier alpha value is -0.610. The number of aliphatic carboxylic acids is 1. The summed E-state index contributed by atoms with van der Waals surface area (Å²) in [5.74, 6) is -0.157. The number of carbonyl (C=O) groups is 1. The van der Waals surface area contributed by atoms with Crippen LogP contribution in [0.25, 0.3) is 0 Å². The van der Waals surface area contributed by atoms with Gasteiger partial charge in [0.1, 0.15) is 0 Å². The van der Waals surface area contributed by atoms with Crippen molar-refractivity contribution >= 4 is 5.97 Å². The minimum Gasteiger partial charge on any atom is -0.480 e. The van der Waals surface area contributed by atoms with E-state index in [0.29, 0.717) is 18.0 Å². The largest absolute Gasteiger partial charge is 0.480 e. The van der Waals surface area contributed by atoms with Crippen molar-refractivity contribution in [1.29, 1.82) is 0 Å². The van der Waals surface area contributed by atoms with E-state index in [0.717, 1.165) is 19.5 Å². The van der Waals surface area contributed by atoms with Crippen LogP contribution in [0.3, 0.4) is 0 Å². The van der Waals surface area contributed by atoms with E-state index >= 15 is 0 Å². The van der Waals surface area contributed by atoms with E-state index in [1.165, 1.54) is 25.8 Å². The molecule has 0 amide bonds. The lowest BCUT2D eigenvalue weighted by Gasteiger charge is -2.40. The lowest BCUT2D eigenvalue weighted by atomic mass is 9.95. The van der Waals surface area contributed by atoms with Crippen LogP contribution in [0.4, 0.5) is 0 Å². The van der Waals surface area contributed by atoms with Crippen molar-refractivity contribution in [2.45, 2.75) is 51.6 Å². The number of hydrogen-bond donors (Lipinski definition) is 1. The molecule has 0 spiro atoms. The van der Waals surface area contributed by atoms with Crippen molar-refractivity contribution in [2.75, 3.05) is 26.2 Å². The summed E-state index contributed by atoms with van der Waals surface area (Å²) >= 11 is 0. The van der Waals surface area contributed by atoms with Gasteiger partial charge in [-0.2, -0.15) is 0 Å². The molecular formula is C14H26N2O2. The fourth-order valence-electron chi connectivity index (χ4n) is 3.52. The van der Waals surface area contributed by atoms with E-state index in [9.17, 15) is 4.79 Å². The molecule has 2 aliphatic heterocycles. The van der Waals surface area contributed by atoms with Gasteiger partial charge in [-0.15, -0.1) is 0 Å². The van der Waals surface area contributed by atoms with Gasteiger partial charge in [-0.1, -0.05) is 13.8 Å². The summed E-state index contributed by atoms with van der Waals surface area (Å²) in [7, 11) is 0. The van der Waals surface area contributed by atoms with Gasteiger partial charge in [0.05, 0.1) is 6.54 Å². The van der Waals surface area contributed by atoms with Crippen LogP contribution in [0, 0.1) is 5.92 Å². The quantitative estimate of drug-likeness (QED) is 0.810. The van der Waals surface area contributed by atoms with Crippen LogP contribution < -0.4 is 0 Å². The monoisotopic (exact) mass is 254 g/mol. The molecule has 104 valence electrons. The second-order valence-corrected chi connectivity index (χ2v) is 6.23. The molecule has 4 nitrogen and oxygen atoms in total. The number of piperidine rings is 1. The fraction of sp³-hybridized carbons (Fsp3) is 0.929. The number of rotatable bonds is 5. The van der Waals surface area contributed by atoms with Crippen molar-refractivity contribution in [3.8, 4) is 0 Å². The highest BCUT2D eigenvalue weighted by molar-refractivity contribution is 5.69. The Balaban J connectivity index is 1.94. The minimum atomic E-state index is -0.690. The second kappa shape index (κ2) is 6.02. The van der Waals surface area contributed by atoms with Gasteiger partial charge in [0, 0.05) is 18.6 Å². The van der Waals surface area contributed by atoms with E-state index < -0.39 is 5.97 Å². The molecule has 1 N–H and O–H groups in total. The molecule has 2 heterocycles. The highest BCUT2D eigenvalue weighted by Gasteiger charge is 2.34. The number of carboxylic acids is 1.